The van der Waals surface area contributed by atoms with Crippen LogP contribution in [0.5, 0.6) is 0 Å². The van der Waals surface area contributed by atoms with E-state index in [4.69, 9.17) is 9.31 Å². The van der Waals surface area contributed by atoms with Crippen LogP contribution in [-0.4, -0.2) is 18.3 Å². The first kappa shape index (κ1) is 11.1. The third-order valence-corrected chi connectivity index (χ3v) is 5.41. The Morgan fingerprint density at radius 2 is 1.56 bits per heavy atom. The second-order valence-electron chi connectivity index (χ2n) is 6.96. The Hall–Kier alpha value is -0.0151. The van der Waals surface area contributed by atoms with E-state index in [1.807, 2.05) is 0 Å². The first-order valence-electron chi connectivity index (χ1n) is 6.75. The van der Waals surface area contributed by atoms with Crippen LogP contribution in [-0.2, 0) is 9.31 Å². The Bertz CT molecular complexity index is 284. The van der Waals surface area contributed by atoms with E-state index in [1.54, 1.807) is 0 Å². The quantitative estimate of drug-likeness (QED) is 0.634. The monoisotopic (exact) mass is 222 g/mol. The van der Waals surface area contributed by atoms with Crippen LogP contribution in [0.2, 0.25) is 5.82 Å². The summed E-state index contributed by atoms with van der Waals surface area (Å²) in [5.74, 6) is 2.51. The Kier molecular flexibility index (Phi) is 2.26. The predicted octanol–water partition coefficient (Wildman–Crippen LogP) is 3.27. The normalized spacial score (nSPS) is 44.2. The minimum absolute atomic E-state index is 0.0558. The maximum Gasteiger partial charge on any atom is 0.461 e. The van der Waals surface area contributed by atoms with Gasteiger partial charge in [0.25, 0.3) is 0 Å². The van der Waals surface area contributed by atoms with E-state index in [0.717, 1.165) is 11.8 Å². The highest BCUT2D eigenvalue weighted by Crippen LogP contribution is 2.55. The minimum Gasteiger partial charge on any atom is -0.403 e. The SMILES string of the molecule is CC1(C)OB(C2CC3CCC2C3)OC1(C)C. The van der Waals surface area contributed by atoms with Gasteiger partial charge in [-0.15, -0.1) is 0 Å². The molecule has 3 fully saturated rings. The van der Waals surface area contributed by atoms with Crippen molar-refractivity contribution < 1.29 is 9.31 Å². The van der Waals surface area contributed by atoms with Crippen molar-refractivity contribution in [3.8, 4) is 0 Å². The number of rotatable bonds is 1. The lowest BCUT2D eigenvalue weighted by Gasteiger charge is -2.32. The largest absolute Gasteiger partial charge is 0.461 e. The van der Waals surface area contributed by atoms with Crippen molar-refractivity contribution in [2.45, 2.75) is 70.4 Å². The average Bonchev–Trinajstić information content (AvgIpc) is 2.79. The molecule has 3 atom stereocenters. The maximum absolute atomic E-state index is 6.18. The third-order valence-electron chi connectivity index (χ3n) is 5.41. The van der Waals surface area contributed by atoms with E-state index in [-0.39, 0.29) is 18.3 Å². The van der Waals surface area contributed by atoms with Gasteiger partial charge < -0.3 is 9.31 Å². The fourth-order valence-electron chi connectivity index (χ4n) is 3.69. The molecule has 1 saturated heterocycles. The summed E-state index contributed by atoms with van der Waals surface area (Å²) in [4.78, 5) is 0. The standard InChI is InChI=1S/C13H23BO2/c1-12(2)13(3,4)16-14(15-12)11-8-9-5-6-10(11)7-9/h9-11H,5-8H2,1-4H3. The van der Waals surface area contributed by atoms with Gasteiger partial charge in [0.05, 0.1) is 11.2 Å². The van der Waals surface area contributed by atoms with Crippen LogP contribution in [0.4, 0.5) is 0 Å². The summed E-state index contributed by atoms with van der Waals surface area (Å²) in [7, 11) is 0.0558. The molecule has 0 aromatic rings. The second-order valence-corrected chi connectivity index (χ2v) is 6.96. The fraction of sp³-hybridized carbons (Fsp3) is 1.00. The van der Waals surface area contributed by atoms with Gasteiger partial charge in [0.15, 0.2) is 0 Å². The molecule has 0 aromatic heterocycles. The zero-order valence-corrected chi connectivity index (χ0v) is 11.0. The lowest BCUT2D eigenvalue weighted by atomic mass is 9.64. The van der Waals surface area contributed by atoms with Gasteiger partial charge in [0, 0.05) is 0 Å². The minimum atomic E-state index is -0.153. The summed E-state index contributed by atoms with van der Waals surface area (Å²) in [5.41, 5.74) is -0.307. The number of hydrogen-bond donors (Lipinski definition) is 0. The number of fused-ring (bicyclic) bond motifs is 2. The molecule has 3 unspecified atom stereocenters. The van der Waals surface area contributed by atoms with Gasteiger partial charge in [-0.2, -0.15) is 0 Å². The zero-order valence-electron chi connectivity index (χ0n) is 11.0. The van der Waals surface area contributed by atoms with Gasteiger partial charge >= 0.3 is 7.12 Å². The molecule has 0 spiro atoms. The maximum atomic E-state index is 6.18. The number of hydrogen-bond acceptors (Lipinski definition) is 2. The first-order chi connectivity index (χ1) is 7.39. The molecule has 3 heteroatoms. The molecule has 2 bridgehead atoms. The molecule has 3 aliphatic rings. The van der Waals surface area contributed by atoms with Crippen molar-refractivity contribution in [1.82, 2.24) is 0 Å². The highest BCUT2D eigenvalue weighted by molar-refractivity contribution is 6.47. The Morgan fingerprint density at radius 1 is 0.938 bits per heavy atom. The van der Waals surface area contributed by atoms with Crippen LogP contribution in [0.25, 0.3) is 0 Å². The summed E-state index contributed by atoms with van der Waals surface area (Å²) in [6.45, 7) is 8.61. The molecule has 16 heavy (non-hydrogen) atoms. The second kappa shape index (κ2) is 3.26. The van der Waals surface area contributed by atoms with Gasteiger partial charge in [-0.3, -0.25) is 0 Å². The molecule has 2 saturated carbocycles. The van der Waals surface area contributed by atoms with E-state index >= 15 is 0 Å². The molecule has 0 aromatic carbocycles. The smallest absolute Gasteiger partial charge is 0.403 e. The van der Waals surface area contributed by atoms with Crippen molar-refractivity contribution >= 4 is 7.12 Å². The van der Waals surface area contributed by atoms with E-state index in [2.05, 4.69) is 27.7 Å². The van der Waals surface area contributed by atoms with Crippen molar-refractivity contribution in [2.75, 3.05) is 0 Å². The van der Waals surface area contributed by atoms with Crippen LogP contribution in [0.1, 0.15) is 53.4 Å². The third kappa shape index (κ3) is 1.47. The molecule has 90 valence electrons. The summed E-state index contributed by atoms with van der Waals surface area (Å²) in [6.07, 6.45) is 5.61. The molecule has 2 nitrogen and oxygen atoms in total. The lowest BCUT2D eigenvalue weighted by Crippen LogP contribution is -2.41. The first-order valence-corrected chi connectivity index (χ1v) is 6.75. The van der Waals surface area contributed by atoms with E-state index in [9.17, 15) is 0 Å². The fourth-order valence-corrected chi connectivity index (χ4v) is 3.69. The Labute approximate surface area is 99.2 Å². The molecule has 2 aliphatic carbocycles. The van der Waals surface area contributed by atoms with E-state index in [0.29, 0.717) is 5.82 Å². The van der Waals surface area contributed by atoms with E-state index in [1.165, 1.54) is 25.7 Å². The highest BCUT2D eigenvalue weighted by atomic mass is 16.7. The van der Waals surface area contributed by atoms with Crippen LogP contribution >= 0.6 is 0 Å². The summed E-state index contributed by atoms with van der Waals surface area (Å²) in [6, 6.07) is 0. The van der Waals surface area contributed by atoms with Gasteiger partial charge in [-0.05, 0) is 58.2 Å². The molecule has 1 heterocycles. The van der Waals surface area contributed by atoms with Crippen LogP contribution in [0.15, 0.2) is 0 Å². The van der Waals surface area contributed by atoms with Crippen molar-refractivity contribution in [3.05, 3.63) is 0 Å². The van der Waals surface area contributed by atoms with Crippen LogP contribution in [0.3, 0.4) is 0 Å². The average molecular weight is 222 g/mol. The van der Waals surface area contributed by atoms with Crippen molar-refractivity contribution in [2.24, 2.45) is 11.8 Å². The van der Waals surface area contributed by atoms with Crippen LogP contribution < -0.4 is 0 Å². The molecule has 0 amide bonds. The van der Waals surface area contributed by atoms with Gasteiger partial charge in [-0.25, -0.2) is 0 Å². The lowest BCUT2D eigenvalue weighted by molar-refractivity contribution is 0.00578. The van der Waals surface area contributed by atoms with Gasteiger partial charge in [0.1, 0.15) is 0 Å². The summed E-state index contributed by atoms with van der Waals surface area (Å²) in [5, 5.41) is 0. The van der Waals surface area contributed by atoms with Crippen molar-refractivity contribution in [3.63, 3.8) is 0 Å². The predicted molar refractivity (Wildman–Crippen MR) is 65.3 cm³/mol. The zero-order chi connectivity index (χ0) is 11.6. The van der Waals surface area contributed by atoms with Gasteiger partial charge in [-0.1, -0.05) is 12.8 Å². The summed E-state index contributed by atoms with van der Waals surface area (Å²) < 4.78 is 12.4. The van der Waals surface area contributed by atoms with Gasteiger partial charge in [0.2, 0.25) is 0 Å². The molecular formula is C13H23BO2. The Balaban J connectivity index is 1.74. The summed E-state index contributed by atoms with van der Waals surface area (Å²) >= 11 is 0. The van der Waals surface area contributed by atoms with Crippen LogP contribution in [0, 0.1) is 11.8 Å². The Morgan fingerprint density at radius 3 is 2.00 bits per heavy atom. The van der Waals surface area contributed by atoms with E-state index < -0.39 is 0 Å². The topological polar surface area (TPSA) is 18.5 Å². The molecule has 3 rings (SSSR count). The highest BCUT2D eigenvalue weighted by Gasteiger charge is 2.57. The van der Waals surface area contributed by atoms with Crippen molar-refractivity contribution in [1.29, 1.82) is 0 Å². The molecule has 0 radical (unpaired) electrons. The molecular weight excluding hydrogens is 199 g/mol. The molecule has 0 N–H and O–H groups in total. The molecule has 1 aliphatic heterocycles.